The topological polar surface area (TPSA) is 37.4 Å². The number of rotatable bonds is 2. The summed E-state index contributed by atoms with van der Waals surface area (Å²) in [5.74, 6) is -0.551. The second-order valence-corrected chi connectivity index (χ2v) is 6.00. The predicted octanol–water partition coefficient (Wildman–Crippen LogP) is 3.23. The molecule has 1 fully saturated rings. The van der Waals surface area contributed by atoms with E-state index >= 15 is 0 Å². The van der Waals surface area contributed by atoms with Crippen LogP contribution in [0.2, 0.25) is 0 Å². The summed E-state index contributed by atoms with van der Waals surface area (Å²) in [6.45, 7) is 4.49. The molecule has 1 heterocycles. The maximum atomic E-state index is 13.4. The van der Waals surface area contributed by atoms with Crippen LogP contribution in [-0.2, 0) is 4.79 Å². The Kier molecular flexibility index (Phi) is 4.04. The highest BCUT2D eigenvalue weighted by atomic mass is 79.9. The summed E-state index contributed by atoms with van der Waals surface area (Å²) in [6, 6.07) is 4.15. The first-order valence-corrected chi connectivity index (χ1v) is 6.99. The fraction of sp³-hybridized carbons (Fsp3) is 0.429. The van der Waals surface area contributed by atoms with Crippen LogP contribution in [0.25, 0.3) is 0 Å². The van der Waals surface area contributed by atoms with E-state index < -0.39 is 11.7 Å². The summed E-state index contributed by atoms with van der Waals surface area (Å²) in [4.78, 5) is 25.3. The first-order chi connectivity index (χ1) is 8.90. The van der Waals surface area contributed by atoms with Crippen LogP contribution in [0.3, 0.4) is 0 Å². The number of imide groups is 1. The van der Waals surface area contributed by atoms with E-state index in [-0.39, 0.29) is 17.4 Å². The molecule has 1 aliphatic heterocycles. The van der Waals surface area contributed by atoms with Crippen molar-refractivity contribution in [2.24, 2.45) is 11.8 Å². The van der Waals surface area contributed by atoms with Crippen molar-refractivity contribution in [2.45, 2.75) is 20.3 Å². The van der Waals surface area contributed by atoms with Gasteiger partial charge in [-0.2, -0.15) is 0 Å². The molecule has 3 nitrogen and oxygen atoms in total. The molecule has 19 heavy (non-hydrogen) atoms. The summed E-state index contributed by atoms with van der Waals surface area (Å²) in [7, 11) is 0. The SMILES string of the molecule is CC(C)C1CC(=O)N(C(=O)c2ccc(Br)c(F)c2)C1. The molecule has 0 radical (unpaired) electrons. The van der Waals surface area contributed by atoms with E-state index in [0.29, 0.717) is 23.4 Å². The summed E-state index contributed by atoms with van der Waals surface area (Å²) in [5.41, 5.74) is 0.207. The van der Waals surface area contributed by atoms with Gasteiger partial charge in [-0.1, -0.05) is 13.8 Å². The van der Waals surface area contributed by atoms with Gasteiger partial charge < -0.3 is 0 Å². The zero-order valence-corrected chi connectivity index (χ0v) is 12.4. The Hall–Kier alpha value is -1.23. The molecule has 5 heteroatoms. The van der Waals surface area contributed by atoms with Crippen molar-refractivity contribution >= 4 is 27.7 Å². The summed E-state index contributed by atoms with van der Waals surface area (Å²) >= 11 is 3.04. The molecule has 1 aromatic carbocycles. The Morgan fingerprint density at radius 1 is 1.47 bits per heavy atom. The van der Waals surface area contributed by atoms with Crippen molar-refractivity contribution < 1.29 is 14.0 Å². The Morgan fingerprint density at radius 3 is 2.68 bits per heavy atom. The summed E-state index contributed by atoms with van der Waals surface area (Å²) in [6.07, 6.45) is 0.391. The molecule has 1 saturated heterocycles. The maximum absolute atomic E-state index is 13.4. The van der Waals surface area contributed by atoms with Crippen LogP contribution < -0.4 is 0 Å². The molecule has 1 aromatic rings. The second-order valence-electron chi connectivity index (χ2n) is 5.15. The van der Waals surface area contributed by atoms with E-state index in [9.17, 15) is 14.0 Å². The molecule has 102 valence electrons. The van der Waals surface area contributed by atoms with Gasteiger partial charge >= 0.3 is 0 Å². The minimum atomic E-state index is -0.502. The minimum absolute atomic E-state index is 0.174. The first-order valence-electron chi connectivity index (χ1n) is 6.20. The standard InChI is InChI=1S/C14H15BrFNO2/c1-8(2)10-6-13(18)17(7-10)14(19)9-3-4-11(15)12(16)5-9/h3-5,8,10H,6-7H2,1-2H3. The zero-order valence-electron chi connectivity index (χ0n) is 10.8. The molecular weight excluding hydrogens is 313 g/mol. The van der Waals surface area contributed by atoms with Crippen LogP contribution in [0.4, 0.5) is 4.39 Å². The zero-order chi connectivity index (χ0) is 14.2. The lowest BCUT2D eigenvalue weighted by molar-refractivity contribution is -0.125. The van der Waals surface area contributed by atoms with Crippen LogP contribution >= 0.6 is 15.9 Å². The third-order valence-corrected chi connectivity index (χ3v) is 4.15. The fourth-order valence-corrected chi connectivity index (χ4v) is 2.41. The molecular formula is C14H15BrFNO2. The molecule has 0 saturated carbocycles. The molecule has 1 unspecified atom stereocenters. The number of benzene rings is 1. The third kappa shape index (κ3) is 2.86. The number of carbonyl (C=O) groups is 2. The molecule has 1 atom stereocenters. The van der Waals surface area contributed by atoms with Gasteiger partial charge in [-0.3, -0.25) is 14.5 Å². The second kappa shape index (κ2) is 5.41. The maximum Gasteiger partial charge on any atom is 0.260 e. The van der Waals surface area contributed by atoms with Crippen LogP contribution in [0, 0.1) is 17.7 Å². The highest BCUT2D eigenvalue weighted by molar-refractivity contribution is 9.10. The van der Waals surface area contributed by atoms with Gasteiger partial charge in [-0.05, 0) is 46.0 Å². The van der Waals surface area contributed by atoms with Gasteiger partial charge in [0.1, 0.15) is 5.82 Å². The van der Waals surface area contributed by atoms with Crippen molar-refractivity contribution in [1.82, 2.24) is 4.90 Å². The van der Waals surface area contributed by atoms with Gasteiger partial charge in [0.05, 0.1) is 4.47 Å². The molecule has 0 aromatic heterocycles. The van der Waals surface area contributed by atoms with E-state index in [2.05, 4.69) is 15.9 Å². The molecule has 0 bridgehead atoms. The number of halogens is 2. The highest BCUT2D eigenvalue weighted by Crippen LogP contribution is 2.26. The van der Waals surface area contributed by atoms with E-state index in [0.717, 1.165) is 6.07 Å². The lowest BCUT2D eigenvalue weighted by Crippen LogP contribution is -2.32. The Morgan fingerprint density at radius 2 is 2.16 bits per heavy atom. The Balaban J connectivity index is 2.20. The smallest absolute Gasteiger partial charge is 0.260 e. The van der Waals surface area contributed by atoms with E-state index in [1.54, 1.807) is 0 Å². The summed E-state index contributed by atoms with van der Waals surface area (Å²) in [5, 5.41) is 0. The minimum Gasteiger partial charge on any atom is -0.278 e. The number of hydrogen-bond acceptors (Lipinski definition) is 2. The molecule has 0 spiro atoms. The van der Waals surface area contributed by atoms with Gasteiger partial charge in [-0.25, -0.2) is 4.39 Å². The fourth-order valence-electron chi connectivity index (χ4n) is 2.16. The predicted molar refractivity (Wildman–Crippen MR) is 73.1 cm³/mol. The van der Waals surface area contributed by atoms with Crippen molar-refractivity contribution in [3.8, 4) is 0 Å². The van der Waals surface area contributed by atoms with Gasteiger partial charge in [0.2, 0.25) is 5.91 Å². The van der Waals surface area contributed by atoms with Gasteiger partial charge in [0, 0.05) is 18.5 Å². The average Bonchev–Trinajstić information content (AvgIpc) is 2.74. The first kappa shape index (κ1) is 14.2. The van der Waals surface area contributed by atoms with Gasteiger partial charge in [-0.15, -0.1) is 0 Å². The van der Waals surface area contributed by atoms with Crippen LogP contribution in [-0.4, -0.2) is 23.3 Å². The highest BCUT2D eigenvalue weighted by Gasteiger charge is 2.35. The lowest BCUT2D eigenvalue weighted by Gasteiger charge is -2.16. The number of hydrogen-bond donors (Lipinski definition) is 0. The van der Waals surface area contributed by atoms with E-state index in [1.165, 1.54) is 17.0 Å². The molecule has 2 rings (SSSR count). The number of likely N-dealkylation sites (tertiary alicyclic amines) is 1. The van der Waals surface area contributed by atoms with Gasteiger partial charge in [0.15, 0.2) is 0 Å². The van der Waals surface area contributed by atoms with Crippen molar-refractivity contribution in [1.29, 1.82) is 0 Å². The Bertz CT molecular complexity index is 530. The van der Waals surface area contributed by atoms with Gasteiger partial charge in [0.25, 0.3) is 5.91 Å². The van der Waals surface area contributed by atoms with Crippen LogP contribution in [0.1, 0.15) is 30.6 Å². The van der Waals surface area contributed by atoms with Crippen LogP contribution in [0.15, 0.2) is 22.7 Å². The Labute approximate surface area is 119 Å². The van der Waals surface area contributed by atoms with Crippen LogP contribution in [0.5, 0.6) is 0 Å². The molecule has 0 N–H and O–H groups in total. The van der Waals surface area contributed by atoms with Crippen molar-refractivity contribution in [3.63, 3.8) is 0 Å². The molecule has 1 aliphatic rings. The normalized spacial score (nSPS) is 19.3. The average molecular weight is 328 g/mol. The lowest BCUT2D eigenvalue weighted by atomic mass is 9.95. The van der Waals surface area contributed by atoms with Crippen molar-refractivity contribution in [2.75, 3.05) is 6.54 Å². The number of carbonyl (C=O) groups excluding carboxylic acids is 2. The van der Waals surface area contributed by atoms with Crippen molar-refractivity contribution in [3.05, 3.63) is 34.1 Å². The van der Waals surface area contributed by atoms with E-state index in [4.69, 9.17) is 0 Å². The van der Waals surface area contributed by atoms with E-state index in [1.807, 2.05) is 13.8 Å². The molecule has 2 amide bonds. The largest absolute Gasteiger partial charge is 0.278 e. The summed E-state index contributed by atoms with van der Waals surface area (Å²) < 4.78 is 13.7. The monoisotopic (exact) mass is 327 g/mol. The quantitative estimate of drug-likeness (QED) is 0.782. The number of amides is 2. The molecule has 0 aliphatic carbocycles. The third-order valence-electron chi connectivity index (χ3n) is 3.51. The number of nitrogens with zero attached hydrogens (tertiary/aromatic N) is 1.